The molecule has 0 aliphatic carbocycles. The van der Waals surface area contributed by atoms with Crippen molar-refractivity contribution in [1.29, 1.82) is 0 Å². The first-order valence-electron chi connectivity index (χ1n) is 5.28. The van der Waals surface area contributed by atoms with Gasteiger partial charge in [-0.05, 0) is 13.8 Å². The van der Waals surface area contributed by atoms with Crippen molar-refractivity contribution >= 4 is 5.82 Å². The third-order valence-corrected chi connectivity index (χ3v) is 2.25. The van der Waals surface area contributed by atoms with E-state index >= 15 is 0 Å². The maximum absolute atomic E-state index is 4.38. The standard InChI is InChI=1S/C11H15N5/c1-4-12-10-7-9(14-8(2)15-10)11-13-5-6-16(11)3/h5-7H,4H2,1-3H3,(H,12,14,15). The summed E-state index contributed by atoms with van der Waals surface area (Å²) < 4.78 is 1.94. The Morgan fingerprint density at radius 2 is 2.19 bits per heavy atom. The van der Waals surface area contributed by atoms with E-state index in [9.17, 15) is 0 Å². The van der Waals surface area contributed by atoms with E-state index < -0.39 is 0 Å². The Morgan fingerprint density at radius 3 is 2.81 bits per heavy atom. The Morgan fingerprint density at radius 1 is 1.38 bits per heavy atom. The zero-order chi connectivity index (χ0) is 11.5. The summed E-state index contributed by atoms with van der Waals surface area (Å²) in [6.07, 6.45) is 3.67. The molecule has 0 unspecified atom stereocenters. The summed E-state index contributed by atoms with van der Waals surface area (Å²) in [5.74, 6) is 2.44. The molecule has 0 bridgehead atoms. The fourth-order valence-corrected chi connectivity index (χ4v) is 1.57. The minimum absolute atomic E-state index is 0.747. The predicted molar refractivity (Wildman–Crippen MR) is 63.1 cm³/mol. The summed E-state index contributed by atoms with van der Waals surface area (Å²) in [5, 5.41) is 3.18. The molecule has 5 heteroatoms. The molecule has 0 saturated carbocycles. The van der Waals surface area contributed by atoms with Gasteiger partial charge < -0.3 is 9.88 Å². The summed E-state index contributed by atoms with van der Waals surface area (Å²) in [7, 11) is 1.95. The smallest absolute Gasteiger partial charge is 0.158 e. The van der Waals surface area contributed by atoms with Crippen LogP contribution in [0.5, 0.6) is 0 Å². The molecular formula is C11H15N5. The number of imidazole rings is 1. The quantitative estimate of drug-likeness (QED) is 0.848. The van der Waals surface area contributed by atoms with Gasteiger partial charge in [-0.25, -0.2) is 15.0 Å². The maximum Gasteiger partial charge on any atom is 0.158 e. The monoisotopic (exact) mass is 217 g/mol. The largest absolute Gasteiger partial charge is 0.370 e. The van der Waals surface area contributed by atoms with Gasteiger partial charge in [0.1, 0.15) is 17.3 Å². The van der Waals surface area contributed by atoms with Crippen LogP contribution in [0.25, 0.3) is 11.5 Å². The minimum Gasteiger partial charge on any atom is -0.370 e. The summed E-state index contributed by atoms with van der Waals surface area (Å²) in [6, 6.07) is 1.92. The third kappa shape index (κ3) is 2.03. The maximum atomic E-state index is 4.38. The zero-order valence-corrected chi connectivity index (χ0v) is 9.73. The second-order valence-electron chi connectivity index (χ2n) is 3.58. The zero-order valence-electron chi connectivity index (χ0n) is 9.73. The van der Waals surface area contributed by atoms with Crippen LogP contribution in [0.4, 0.5) is 5.82 Å². The molecule has 5 nitrogen and oxygen atoms in total. The lowest BCUT2D eigenvalue weighted by atomic mass is 10.3. The van der Waals surface area contributed by atoms with Crippen LogP contribution in [-0.2, 0) is 7.05 Å². The van der Waals surface area contributed by atoms with Crippen molar-refractivity contribution in [2.75, 3.05) is 11.9 Å². The average molecular weight is 217 g/mol. The first-order valence-corrected chi connectivity index (χ1v) is 5.28. The van der Waals surface area contributed by atoms with Crippen molar-refractivity contribution in [2.45, 2.75) is 13.8 Å². The SMILES string of the molecule is CCNc1cc(-c2nccn2C)nc(C)n1. The van der Waals surface area contributed by atoms with Crippen molar-refractivity contribution in [1.82, 2.24) is 19.5 Å². The highest BCUT2D eigenvalue weighted by Crippen LogP contribution is 2.17. The van der Waals surface area contributed by atoms with E-state index in [2.05, 4.69) is 20.3 Å². The molecule has 2 heterocycles. The molecule has 2 aromatic heterocycles. The minimum atomic E-state index is 0.747. The van der Waals surface area contributed by atoms with Gasteiger partial charge in [-0.15, -0.1) is 0 Å². The molecule has 2 aromatic rings. The van der Waals surface area contributed by atoms with Gasteiger partial charge in [0, 0.05) is 32.1 Å². The van der Waals surface area contributed by atoms with Gasteiger partial charge in [-0.3, -0.25) is 0 Å². The Bertz CT molecular complexity index is 489. The van der Waals surface area contributed by atoms with Gasteiger partial charge in [-0.2, -0.15) is 0 Å². The average Bonchev–Trinajstić information content (AvgIpc) is 2.64. The van der Waals surface area contributed by atoms with Gasteiger partial charge in [0.2, 0.25) is 0 Å². The number of anilines is 1. The number of nitrogens with zero attached hydrogens (tertiary/aromatic N) is 4. The van der Waals surface area contributed by atoms with Gasteiger partial charge in [0.25, 0.3) is 0 Å². The predicted octanol–water partition coefficient (Wildman–Crippen LogP) is 1.62. The molecule has 0 aromatic carbocycles. The number of aromatic nitrogens is 4. The van der Waals surface area contributed by atoms with Crippen molar-refractivity contribution in [3.63, 3.8) is 0 Å². The molecule has 2 rings (SSSR count). The van der Waals surface area contributed by atoms with E-state index in [0.29, 0.717) is 0 Å². The van der Waals surface area contributed by atoms with E-state index in [4.69, 9.17) is 0 Å². The van der Waals surface area contributed by atoms with Gasteiger partial charge in [0.05, 0.1) is 0 Å². The third-order valence-electron chi connectivity index (χ3n) is 2.25. The summed E-state index contributed by atoms with van der Waals surface area (Å²) in [6.45, 7) is 4.77. The molecule has 0 spiro atoms. The first kappa shape index (κ1) is 10.6. The number of nitrogens with one attached hydrogen (secondary N) is 1. The van der Waals surface area contributed by atoms with E-state index in [1.807, 2.05) is 37.7 Å². The molecular weight excluding hydrogens is 202 g/mol. The molecule has 0 aliphatic rings. The summed E-state index contributed by atoms with van der Waals surface area (Å²) in [4.78, 5) is 13.0. The highest BCUT2D eigenvalue weighted by atomic mass is 15.1. The topological polar surface area (TPSA) is 55.6 Å². The molecule has 0 saturated heterocycles. The lowest BCUT2D eigenvalue weighted by Gasteiger charge is -2.06. The molecule has 0 radical (unpaired) electrons. The van der Waals surface area contributed by atoms with E-state index in [0.717, 1.165) is 29.7 Å². The Hall–Kier alpha value is -1.91. The molecule has 16 heavy (non-hydrogen) atoms. The second-order valence-corrected chi connectivity index (χ2v) is 3.58. The van der Waals surface area contributed by atoms with Crippen LogP contribution in [0.3, 0.4) is 0 Å². The van der Waals surface area contributed by atoms with Crippen molar-refractivity contribution in [2.24, 2.45) is 7.05 Å². The van der Waals surface area contributed by atoms with Crippen molar-refractivity contribution in [3.05, 3.63) is 24.3 Å². The van der Waals surface area contributed by atoms with Crippen LogP contribution in [0.1, 0.15) is 12.7 Å². The highest BCUT2D eigenvalue weighted by Gasteiger charge is 2.07. The molecule has 84 valence electrons. The van der Waals surface area contributed by atoms with Crippen LogP contribution in [0, 0.1) is 6.92 Å². The highest BCUT2D eigenvalue weighted by molar-refractivity contribution is 5.55. The van der Waals surface area contributed by atoms with Crippen LogP contribution in [0.2, 0.25) is 0 Å². The van der Waals surface area contributed by atoms with E-state index in [-0.39, 0.29) is 0 Å². The normalized spacial score (nSPS) is 10.4. The van der Waals surface area contributed by atoms with Crippen LogP contribution in [0.15, 0.2) is 18.5 Å². The Labute approximate surface area is 94.6 Å². The fraction of sp³-hybridized carbons (Fsp3) is 0.364. The molecule has 0 amide bonds. The molecule has 1 N–H and O–H groups in total. The van der Waals surface area contributed by atoms with E-state index in [1.165, 1.54) is 0 Å². The van der Waals surface area contributed by atoms with Crippen LogP contribution in [-0.4, -0.2) is 26.1 Å². The van der Waals surface area contributed by atoms with Crippen molar-refractivity contribution < 1.29 is 0 Å². The number of rotatable bonds is 3. The molecule has 0 fully saturated rings. The van der Waals surface area contributed by atoms with Crippen LogP contribution >= 0.6 is 0 Å². The molecule has 0 atom stereocenters. The van der Waals surface area contributed by atoms with Gasteiger partial charge in [0.15, 0.2) is 5.82 Å². The lowest BCUT2D eigenvalue weighted by molar-refractivity contribution is 0.909. The first-order chi connectivity index (χ1) is 7.70. The van der Waals surface area contributed by atoms with Crippen LogP contribution < -0.4 is 5.32 Å². The second kappa shape index (κ2) is 4.30. The van der Waals surface area contributed by atoms with Gasteiger partial charge >= 0.3 is 0 Å². The Balaban J connectivity index is 2.45. The summed E-state index contributed by atoms with van der Waals surface area (Å²) >= 11 is 0. The number of hydrogen-bond acceptors (Lipinski definition) is 4. The van der Waals surface area contributed by atoms with E-state index in [1.54, 1.807) is 6.20 Å². The Kier molecular flexibility index (Phi) is 2.85. The lowest BCUT2D eigenvalue weighted by Crippen LogP contribution is -2.04. The summed E-state index contributed by atoms with van der Waals surface area (Å²) in [5.41, 5.74) is 0.843. The van der Waals surface area contributed by atoms with Gasteiger partial charge in [-0.1, -0.05) is 0 Å². The number of hydrogen-bond donors (Lipinski definition) is 1. The molecule has 0 aliphatic heterocycles. The number of aryl methyl sites for hydroxylation is 2. The fourth-order valence-electron chi connectivity index (χ4n) is 1.57. The van der Waals surface area contributed by atoms with Crippen molar-refractivity contribution in [3.8, 4) is 11.5 Å².